The van der Waals surface area contributed by atoms with Crippen LogP contribution in [0, 0.1) is 11.8 Å². The molecule has 1 amide bonds. The fourth-order valence-electron chi connectivity index (χ4n) is 2.41. The van der Waals surface area contributed by atoms with Crippen LogP contribution in [0.3, 0.4) is 0 Å². The molecule has 0 aromatic heterocycles. The maximum absolute atomic E-state index is 12.2. The monoisotopic (exact) mass is 276 g/mol. The number of benzene rings is 1. The first-order chi connectivity index (χ1) is 8.97. The third-order valence-corrected chi connectivity index (χ3v) is 4.17. The highest BCUT2D eigenvalue weighted by Crippen LogP contribution is 2.22. The number of hydrogen-bond acceptors (Lipinski definition) is 2. The molecule has 1 saturated heterocycles. The van der Waals surface area contributed by atoms with E-state index in [0.29, 0.717) is 23.2 Å². The zero-order chi connectivity index (χ0) is 14.0. The van der Waals surface area contributed by atoms with Crippen LogP contribution in [0.15, 0.2) is 24.3 Å². The summed E-state index contributed by atoms with van der Waals surface area (Å²) in [4.78, 5) is 14.6. The molecule has 0 bridgehead atoms. The standard InChI is InChI=1S/C15H20N2OS/c1-10-8-17(9-11(10)2)14(18)7-12-3-5-13(6-4-12)15(16)19/h3-6,10-11H,7-9H2,1-2H3,(H2,16,19). The molecule has 4 heteroatoms. The lowest BCUT2D eigenvalue weighted by Gasteiger charge is -2.16. The normalized spacial score (nSPS) is 22.5. The van der Waals surface area contributed by atoms with Crippen LogP contribution in [0.5, 0.6) is 0 Å². The van der Waals surface area contributed by atoms with E-state index in [1.807, 2.05) is 29.2 Å². The summed E-state index contributed by atoms with van der Waals surface area (Å²) in [6.07, 6.45) is 0.455. The second-order valence-corrected chi connectivity index (χ2v) is 5.93. The molecule has 2 N–H and O–H groups in total. The van der Waals surface area contributed by atoms with E-state index in [1.54, 1.807) is 0 Å². The average molecular weight is 276 g/mol. The van der Waals surface area contributed by atoms with Gasteiger partial charge in [-0.25, -0.2) is 0 Å². The van der Waals surface area contributed by atoms with Crippen molar-refractivity contribution < 1.29 is 4.79 Å². The Morgan fingerprint density at radius 1 is 1.26 bits per heavy atom. The molecule has 1 aliphatic heterocycles. The van der Waals surface area contributed by atoms with E-state index in [-0.39, 0.29) is 5.91 Å². The third-order valence-electron chi connectivity index (χ3n) is 3.93. The average Bonchev–Trinajstić information content (AvgIpc) is 2.70. The molecular weight excluding hydrogens is 256 g/mol. The molecule has 0 saturated carbocycles. The fourth-order valence-corrected chi connectivity index (χ4v) is 2.54. The summed E-state index contributed by atoms with van der Waals surface area (Å²) in [5, 5.41) is 0. The van der Waals surface area contributed by atoms with Gasteiger partial charge in [0.1, 0.15) is 4.99 Å². The zero-order valence-corrected chi connectivity index (χ0v) is 12.2. The van der Waals surface area contributed by atoms with Crippen LogP contribution in [-0.4, -0.2) is 28.9 Å². The molecule has 0 aliphatic carbocycles. The molecule has 1 aliphatic rings. The topological polar surface area (TPSA) is 46.3 Å². The van der Waals surface area contributed by atoms with E-state index in [0.717, 1.165) is 24.2 Å². The lowest BCUT2D eigenvalue weighted by atomic mass is 10.0. The first-order valence-corrected chi connectivity index (χ1v) is 7.04. The van der Waals surface area contributed by atoms with Gasteiger partial charge in [0.25, 0.3) is 0 Å². The number of likely N-dealkylation sites (tertiary alicyclic amines) is 1. The number of amides is 1. The van der Waals surface area contributed by atoms with E-state index < -0.39 is 0 Å². The minimum atomic E-state index is 0.208. The highest BCUT2D eigenvalue weighted by atomic mass is 32.1. The van der Waals surface area contributed by atoms with Crippen LogP contribution in [0.1, 0.15) is 25.0 Å². The van der Waals surface area contributed by atoms with Gasteiger partial charge in [-0.2, -0.15) is 0 Å². The summed E-state index contributed by atoms with van der Waals surface area (Å²) in [5.41, 5.74) is 7.40. The quantitative estimate of drug-likeness (QED) is 0.859. The van der Waals surface area contributed by atoms with Gasteiger partial charge in [0.15, 0.2) is 0 Å². The van der Waals surface area contributed by atoms with Crippen molar-refractivity contribution >= 4 is 23.1 Å². The van der Waals surface area contributed by atoms with Gasteiger partial charge in [0.05, 0.1) is 6.42 Å². The van der Waals surface area contributed by atoms with Gasteiger partial charge < -0.3 is 10.6 Å². The van der Waals surface area contributed by atoms with Gasteiger partial charge in [0, 0.05) is 18.7 Å². The molecule has 0 radical (unpaired) electrons. The molecule has 19 heavy (non-hydrogen) atoms. The summed E-state index contributed by atoms with van der Waals surface area (Å²) < 4.78 is 0. The van der Waals surface area contributed by atoms with Crippen molar-refractivity contribution in [2.75, 3.05) is 13.1 Å². The number of carbonyl (C=O) groups is 1. The predicted molar refractivity (Wildman–Crippen MR) is 80.9 cm³/mol. The van der Waals surface area contributed by atoms with Crippen molar-refractivity contribution in [2.24, 2.45) is 17.6 Å². The molecule has 2 rings (SSSR count). The highest BCUT2D eigenvalue weighted by molar-refractivity contribution is 7.80. The van der Waals surface area contributed by atoms with Crippen molar-refractivity contribution in [3.05, 3.63) is 35.4 Å². The zero-order valence-electron chi connectivity index (χ0n) is 11.4. The van der Waals surface area contributed by atoms with Gasteiger partial charge >= 0.3 is 0 Å². The Kier molecular flexibility index (Phi) is 4.20. The van der Waals surface area contributed by atoms with E-state index >= 15 is 0 Å². The summed E-state index contributed by atoms with van der Waals surface area (Å²) in [7, 11) is 0. The van der Waals surface area contributed by atoms with Crippen molar-refractivity contribution in [1.29, 1.82) is 0 Å². The highest BCUT2D eigenvalue weighted by Gasteiger charge is 2.28. The van der Waals surface area contributed by atoms with E-state index in [4.69, 9.17) is 18.0 Å². The van der Waals surface area contributed by atoms with Crippen LogP contribution in [0.4, 0.5) is 0 Å². The van der Waals surface area contributed by atoms with Gasteiger partial charge in [-0.15, -0.1) is 0 Å². The maximum Gasteiger partial charge on any atom is 0.227 e. The van der Waals surface area contributed by atoms with Crippen molar-refractivity contribution in [2.45, 2.75) is 20.3 Å². The van der Waals surface area contributed by atoms with Crippen LogP contribution < -0.4 is 5.73 Å². The SMILES string of the molecule is CC1CN(C(=O)Cc2ccc(C(N)=S)cc2)CC1C. The number of carbonyl (C=O) groups excluding carboxylic acids is 1. The smallest absolute Gasteiger partial charge is 0.227 e. The third kappa shape index (κ3) is 3.32. The summed E-state index contributed by atoms with van der Waals surface area (Å²) >= 11 is 4.91. The Labute approximate surface area is 119 Å². The van der Waals surface area contributed by atoms with Gasteiger partial charge in [-0.3, -0.25) is 4.79 Å². The predicted octanol–water partition coefficient (Wildman–Crippen LogP) is 1.98. The van der Waals surface area contributed by atoms with E-state index in [1.165, 1.54) is 0 Å². The minimum absolute atomic E-state index is 0.208. The number of nitrogens with zero attached hydrogens (tertiary/aromatic N) is 1. The number of nitrogens with two attached hydrogens (primary N) is 1. The molecule has 2 unspecified atom stereocenters. The molecule has 1 heterocycles. The van der Waals surface area contributed by atoms with Crippen molar-refractivity contribution in [3.63, 3.8) is 0 Å². The Hall–Kier alpha value is -1.42. The first kappa shape index (κ1) is 14.0. The summed E-state index contributed by atoms with van der Waals surface area (Å²) in [6.45, 7) is 6.17. The second kappa shape index (κ2) is 5.70. The Morgan fingerprint density at radius 3 is 2.26 bits per heavy atom. The molecule has 3 nitrogen and oxygen atoms in total. The lowest BCUT2D eigenvalue weighted by molar-refractivity contribution is -0.129. The van der Waals surface area contributed by atoms with E-state index in [2.05, 4.69) is 13.8 Å². The molecule has 1 aromatic rings. The largest absolute Gasteiger partial charge is 0.389 e. The number of hydrogen-bond donors (Lipinski definition) is 1. The molecular formula is C15H20N2OS. The van der Waals surface area contributed by atoms with Gasteiger partial charge in [0.2, 0.25) is 5.91 Å². The van der Waals surface area contributed by atoms with Crippen molar-refractivity contribution in [3.8, 4) is 0 Å². The Balaban J connectivity index is 1.97. The maximum atomic E-state index is 12.2. The van der Waals surface area contributed by atoms with Gasteiger partial charge in [-0.1, -0.05) is 50.3 Å². The summed E-state index contributed by atoms with van der Waals surface area (Å²) in [5.74, 6) is 1.40. The molecule has 102 valence electrons. The number of thiocarbonyl (C=S) groups is 1. The molecule has 2 atom stereocenters. The number of rotatable bonds is 3. The van der Waals surface area contributed by atoms with Crippen LogP contribution in [0.2, 0.25) is 0 Å². The molecule has 0 spiro atoms. The van der Waals surface area contributed by atoms with Crippen molar-refractivity contribution in [1.82, 2.24) is 4.90 Å². The Morgan fingerprint density at radius 2 is 1.79 bits per heavy atom. The Bertz CT molecular complexity index is 473. The van der Waals surface area contributed by atoms with Gasteiger partial charge in [-0.05, 0) is 17.4 Å². The second-order valence-electron chi connectivity index (χ2n) is 5.49. The molecule has 1 aromatic carbocycles. The molecule has 1 fully saturated rings. The van der Waals surface area contributed by atoms with Crippen LogP contribution >= 0.6 is 12.2 Å². The first-order valence-electron chi connectivity index (χ1n) is 6.64. The fraction of sp³-hybridized carbons (Fsp3) is 0.467. The summed E-state index contributed by atoms with van der Waals surface area (Å²) in [6, 6.07) is 7.60. The van der Waals surface area contributed by atoms with Crippen LogP contribution in [0.25, 0.3) is 0 Å². The lowest BCUT2D eigenvalue weighted by Crippen LogP contribution is -2.30. The van der Waals surface area contributed by atoms with Crippen LogP contribution in [-0.2, 0) is 11.2 Å². The minimum Gasteiger partial charge on any atom is -0.389 e. The van der Waals surface area contributed by atoms with E-state index in [9.17, 15) is 4.79 Å².